The number of halogens is 2. The van der Waals surface area contributed by atoms with E-state index in [0.717, 1.165) is 0 Å². The summed E-state index contributed by atoms with van der Waals surface area (Å²) >= 11 is 5.51. The Labute approximate surface area is 102 Å². The molecule has 0 aromatic heterocycles. The van der Waals surface area contributed by atoms with Crippen molar-refractivity contribution in [3.8, 4) is 0 Å². The van der Waals surface area contributed by atoms with Gasteiger partial charge in [0.2, 0.25) is 0 Å². The zero-order chi connectivity index (χ0) is 13.2. The number of carboxylic acids is 1. The largest absolute Gasteiger partial charge is 0.479 e. The van der Waals surface area contributed by atoms with Crippen LogP contribution in [0, 0.1) is 0 Å². The van der Waals surface area contributed by atoms with E-state index in [1.807, 2.05) is 0 Å². The van der Waals surface area contributed by atoms with Crippen molar-refractivity contribution in [3.63, 3.8) is 0 Å². The van der Waals surface area contributed by atoms with Crippen LogP contribution in [0.1, 0.15) is 12.8 Å². The summed E-state index contributed by atoms with van der Waals surface area (Å²) in [4.78, 5) is 22.9. The van der Waals surface area contributed by atoms with Crippen LogP contribution < -0.4 is 0 Å². The molecular weight excluding hydrogens is 253 g/mol. The van der Waals surface area contributed by atoms with Crippen LogP contribution in [0.15, 0.2) is 12.2 Å². The predicted octanol–water partition coefficient (Wildman–Crippen LogP) is 1.72. The number of amides is 1. The molecule has 0 aliphatic carbocycles. The first-order valence-electron chi connectivity index (χ1n) is 4.94. The molecule has 1 amide bonds. The minimum Gasteiger partial charge on any atom is -0.479 e. The van der Waals surface area contributed by atoms with Gasteiger partial charge in [0.05, 0.1) is 6.54 Å². The molecule has 2 atom stereocenters. The molecule has 0 bridgehead atoms. The lowest BCUT2D eigenvalue weighted by Crippen LogP contribution is -2.53. The van der Waals surface area contributed by atoms with Gasteiger partial charge in [-0.15, -0.1) is 11.6 Å². The second-order valence-electron chi connectivity index (χ2n) is 4.09. The SMILES string of the molecule is C=C(CCl)CC1(C(=O)O)C[C@@H](F)CN1C(=O)O. The Morgan fingerprint density at radius 3 is 2.53 bits per heavy atom. The Morgan fingerprint density at radius 2 is 2.12 bits per heavy atom. The molecule has 0 saturated carbocycles. The van der Waals surface area contributed by atoms with E-state index in [1.165, 1.54) is 0 Å². The highest BCUT2D eigenvalue weighted by atomic mass is 35.5. The number of carbonyl (C=O) groups is 2. The van der Waals surface area contributed by atoms with Gasteiger partial charge in [-0.05, 0) is 0 Å². The monoisotopic (exact) mass is 265 g/mol. The number of alkyl halides is 2. The standard InChI is InChI=1S/C10H13ClFNO4/c1-6(4-11)2-10(8(14)15)3-7(12)5-13(10)9(16)17/h7H,1-5H2,(H,14,15)(H,16,17)/t7-,10?/m1/s1. The van der Waals surface area contributed by atoms with Crippen molar-refractivity contribution in [1.29, 1.82) is 0 Å². The second-order valence-corrected chi connectivity index (χ2v) is 4.36. The highest BCUT2D eigenvalue weighted by Gasteiger charge is 2.54. The number of hydrogen-bond donors (Lipinski definition) is 2. The first-order chi connectivity index (χ1) is 7.83. The lowest BCUT2D eigenvalue weighted by atomic mass is 9.88. The molecule has 1 saturated heterocycles. The molecule has 1 heterocycles. The lowest BCUT2D eigenvalue weighted by molar-refractivity contribution is -0.148. The summed E-state index contributed by atoms with van der Waals surface area (Å²) in [5.74, 6) is -1.36. The molecular formula is C10H13ClFNO4. The van der Waals surface area contributed by atoms with E-state index in [4.69, 9.17) is 16.7 Å². The Morgan fingerprint density at radius 1 is 1.53 bits per heavy atom. The van der Waals surface area contributed by atoms with Crippen molar-refractivity contribution in [3.05, 3.63) is 12.2 Å². The van der Waals surface area contributed by atoms with E-state index >= 15 is 0 Å². The van der Waals surface area contributed by atoms with E-state index in [0.29, 0.717) is 10.5 Å². The maximum Gasteiger partial charge on any atom is 0.408 e. The van der Waals surface area contributed by atoms with Crippen molar-refractivity contribution in [1.82, 2.24) is 4.90 Å². The number of aliphatic carboxylic acids is 1. The van der Waals surface area contributed by atoms with Gasteiger partial charge in [0.15, 0.2) is 0 Å². The summed E-state index contributed by atoms with van der Waals surface area (Å²) in [7, 11) is 0. The molecule has 1 aliphatic rings. The van der Waals surface area contributed by atoms with Gasteiger partial charge in [0.1, 0.15) is 11.7 Å². The summed E-state index contributed by atoms with van der Waals surface area (Å²) in [5, 5.41) is 18.1. The van der Waals surface area contributed by atoms with Crippen molar-refractivity contribution in [2.24, 2.45) is 0 Å². The van der Waals surface area contributed by atoms with Crippen molar-refractivity contribution < 1.29 is 24.2 Å². The predicted molar refractivity (Wildman–Crippen MR) is 59.1 cm³/mol. The Bertz CT molecular complexity index is 362. The third-order valence-electron chi connectivity index (χ3n) is 2.82. The highest BCUT2D eigenvalue weighted by molar-refractivity contribution is 6.19. The van der Waals surface area contributed by atoms with Crippen LogP contribution in [0.5, 0.6) is 0 Å². The Balaban J connectivity index is 3.08. The fourth-order valence-electron chi connectivity index (χ4n) is 2.08. The van der Waals surface area contributed by atoms with Gasteiger partial charge in [-0.25, -0.2) is 14.0 Å². The summed E-state index contributed by atoms with van der Waals surface area (Å²) in [6.07, 6.45) is -3.47. The summed E-state index contributed by atoms with van der Waals surface area (Å²) in [6, 6.07) is 0. The highest BCUT2D eigenvalue weighted by Crippen LogP contribution is 2.36. The molecule has 1 unspecified atom stereocenters. The number of hydrogen-bond acceptors (Lipinski definition) is 2. The van der Waals surface area contributed by atoms with Crippen molar-refractivity contribution >= 4 is 23.7 Å². The molecule has 1 fully saturated rings. The van der Waals surface area contributed by atoms with Crippen LogP contribution in [-0.2, 0) is 4.79 Å². The zero-order valence-corrected chi connectivity index (χ0v) is 9.78. The van der Waals surface area contributed by atoms with Crippen LogP contribution in [0.2, 0.25) is 0 Å². The van der Waals surface area contributed by atoms with Crippen LogP contribution in [0.25, 0.3) is 0 Å². The number of carboxylic acid groups (broad SMARTS) is 2. The van der Waals surface area contributed by atoms with E-state index < -0.39 is 30.3 Å². The molecule has 0 spiro atoms. The van der Waals surface area contributed by atoms with E-state index in [9.17, 15) is 19.1 Å². The average Bonchev–Trinajstić information content (AvgIpc) is 2.56. The fraction of sp³-hybridized carbons (Fsp3) is 0.600. The molecule has 17 heavy (non-hydrogen) atoms. The van der Waals surface area contributed by atoms with E-state index in [-0.39, 0.29) is 18.7 Å². The average molecular weight is 266 g/mol. The van der Waals surface area contributed by atoms with E-state index in [2.05, 4.69) is 6.58 Å². The number of rotatable bonds is 4. The minimum absolute atomic E-state index is 0.0133. The molecule has 96 valence electrons. The molecule has 7 heteroatoms. The topological polar surface area (TPSA) is 77.8 Å². The zero-order valence-electron chi connectivity index (χ0n) is 9.03. The number of likely N-dealkylation sites (tertiary alicyclic amines) is 1. The van der Waals surface area contributed by atoms with Crippen molar-refractivity contribution in [2.45, 2.75) is 24.6 Å². The van der Waals surface area contributed by atoms with Gasteiger partial charge in [0.25, 0.3) is 0 Å². The number of nitrogens with zero attached hydrogens (tertiary/aromatic N) is 1. The molecule has 1 aliphatic heterocycles. The van der Waals surface area contributed by atoms with Crippen LogP contribution >= 0.6 is 11.6 Å². The molecule has 5 nitrogen and oxygen atoms in total. The molecule has 1 rings (SSSR count). The summed E-state index contributed by atoms with van der Waals surface area (Å²) in [6.45, 7) is 3.11. The third kappa shape index (κ3) is 2.52. The molecule has 2 N–H and O–H groups in total. The fourth-order valence-corrected chi connectivity index (χ4v) is 2.18. The summed E-state index contributed by atoms with van der Waals surface area (Å²) < 4.78 is 13.3. The van der Waals surface area contributed by atoms with Crippen molar-refractivity contribution in [2.75, 3.05) is 12.4 Å². The van der Waals surface area contributed by atoms with Gasteiger partial charge >= 0.3 is 12.1 Å². The van der Waals surface area contributed by atoms with Crippen LogP contribution in [0.4, 0.5) is 9.18 Å². The van der Waals surface area contributed by atoms with Gasteiger partial charge in [0, 0.05) is 18.7 Å². The first-order valence-corrected chi connectivity index (χ1v) is 5.47. The van der Waals surface area contributed by atoms with E-state index in [1.54, 1.807) is 0 Å². The van der Waals surface area contributed by atoms with Crippen LogP contribution in [-0.4, -0.2) is 51.3 Å². The molecule has 0 aromatic carbocycles. The molecule has 0 radical (unpaired) electrons. The summed E-state index contributed by atoms with van der Waals surface area (Å²) in [5.41, 5.74) is -1.41. The first kappa shape index (κ1) is 13.8. The van der Waals surface area contributed by atoms with Gasteiger partial charge in [-0.1, -0.05) is 12.2 Å². The Hall–Kier alpha value is -1.30. The third-order valence-corrected chi connectivity index (χ3v) is 3.19. The Kier molecular flexibility index (Phi) is 3.98. The lowest BCUT2D eigenvalue weighted by Gasteiger charge is -2.32. The second kappa shape index (κ2) is 4.91. The smallest absolute Gasteiger partial charge is 0.408 e. The van der Waals surface area contributed by atoms with Crippen LogP contribution in [0.3, 0.4) is 0 Å². The quantitative estimate of drug-likeness (QED) is 0.599. The molecule has 0 aromatic rings. The minimum atomic E-state index is -1.78. The van der Waals surface area contributed by atoms with Gasteiger partial charge in [-0.3, -0.25) is 4.90 Å². The van der Waals surface area contributed by atoms with Gasteiger partial charge < -0.3 is 10.2 Å². The van der Waals surface area contributed by atoms with Gasteiger partial charge in [-0.2, -0.15) is 0 Å². The maximum absolute atomic E-state index is 13.3. The maximum atomic E-state index is 13.3. The normalized spacial score (nSPS) is 28.1.